The monoisotopic (exact) mass is 282 g/mol. The maximum Gasteiger partial charge on any atom is 0.182 e. The number of azo groups is 1. The molecule has 0 spiro atoms. The van der Waals surface area contributed by atoms with Crippen LogP contribution in [0.2, 0.25) is 0 Å². The van der Waals surface area contributed by atoms with E-state index in [-0.39, 0.29) is 0 Å². The quantitative estimate of drug-likeness (QED) is 0.849. The van der Waals surface area contributed by atoms with E-state index in [0.717, 1.165) is 10.2 Å². The lowest BCUT2D eigenvalue weighted by atomic mass is 10.3. The van der Waals surface area contributed by atoms with Crippen molar-refractivity contribution in [2.24, 2.45) is 10.2 Å². The molecule has 6 heteroatoms. The van der Waals surface area contributed by atoms with Crippen LogP contribution < -0.4 is 5.73 Å². The lowest BCUT2D eigenvalue weighted by molar-refractivity contribution is 1.24. The minimum Gasteiger partial charge on any atom is -0.375 e. The summed E-state index contributed by atoms with van der Waals surface area (Å²) in [7, 11) is 0. The van der Waals surface area contributed by atoms with E-state index in [1.807, 2.05) is 24.3 Å². The summed E-state index contributed by atoms with van der Waals surface area (Å²) in [6.45, 7) is 0. The molecular formula is C9H7BrN4S. The van der Waals surface area contributed by atoms with E-state index in [1.54, 1.807) is 6.20 Å². The predicted molar refractivity (Wildman–Crippen MR) is 64.8 cm³/mol. The zero-order valence-corrected chi connectivity index (χ0v) is 9.99. The van der Waals surface area contributed by atoms with Gasteiger partial charge < -0.3 is 5.73 Å². The fourth-order valence-corrected chi connectivity index (χ4v) is 1.71. The molecule has 2 N–H and O–H groups in total. The number of halogens is 1. The third kappa shape index (κ3) is 2.84. The molecule has 15 heavy (non-hydrogen) atoms. The van der Waals surface area contributed by atoms with Crippen LogP contribution in [0.5, 0.6) is 0 Å². The fraction of sp³-hybridized carbons (Fsp3) is 0. The Morgan fingerprint density at radius 2 is 1.93 bits per heavy atom. The second-order valence-electron chi connectivity index (χ2n) is 2.71. The van der Waals surface area contributed by atoms with Crippen molar-refractivity contribution in [3.8, 4) is 0 Å². The highest BCUT2D eigenvalue weighted by Gasteiger charge is 1.95. The molecule has 1 aromatic carbocycles. The Balaban J connectivity index is 2.14. The topological polar surface area (TPSA) is 63.6 Å². The molecule has 0 fully saturated rings. The van der Waals surface area contributed by atoms with E-state index in [4.69, 9.17) is 5.73 Å². The standard InChI is InChI=1S/C9H7BrN4S/c10-6-1-3-7(4-2-6)13-14-8-5-12-9(11)15-8/h1-5H,(H2,11,12). The number of benzene rings is 1. The van der Waals surface area contributed by atoms with Crippen LogP contribution in [-0.4, -0.2) is 4.98 Å². The largest absolute Gasteiger partial charge is 0.375 e. The van der Waals surface area contributed by atoms with Crippen molar-refractivity contribution in [1.82, 2.24) is 4.98 Å². The van der Waals surface area contributed by atoms with Crippen LogP contribution in [0.15, 0.2) is 45.2 Å². The van der Waals surface area contributed by atoms with Crippen LogP contribution in [0.25, 0.3) is 0 Å². The summed E-state index contributed by atoms with van der Waals surface area (Å²) in [5.41, 5.74) is 6.26. The van der Waals surface area contributed by atoms with Gasteiger partial charge in [0.15, 0.2) is 10.1 Å². The van der Waals surface area contributed by atoms with Gasteiger partial charge in [-0.1, -0.05) is 27.3 Å². The Labute approximate surface area is 99.0 Å². The number of nitrogens with zero attached hydrogens (tertiary/aromatic N) is 3. The summed E-state index contributed by atoms with van der Waals surface area (Å²) in [5.74, 6) is 0. The number of hydrogen-bond donors (Lipinski definition) is 1. The van der Waals surface area contributed by atoms with Crippen molar-refractivity contribution in [2.45, 2.75) is 0 Å². The molecule has 1 heterocycles. The third-order valence-electron chi connectivity index (χ3n) is 1.60. The first-order valence-corrected chi connectivity index (χ1v) is 5.73. The van der Waals surface area contributed by atoms with Gasteiger partial charge in [-0.25, -0.2) is 4.98 Å². The number of rotatable bonds is 2. The number of hydrogen-bond acceptors (Lipinski definition) is 5. The van der Waals surface area contributed by atoms with E-state index in [1.165, 1.54) is 11.3 Å². The van der Waals surface area contributed by atoms with Gasteiger partial charge in [-0.15, -0.1) is 10.2 Å². The molecular weight excluding hydrogens is 276 g/mol. The summed E-state index contributed by atoms with van der Waals surface area (Å²) in [4.78, 5) is 3.88. The zero-order chi connectivity index (χ0) is 10.7. The van der Waals surface area contributed by atoms with Gasteiger partial charge in [0.1, 0.15) is 0 Å². The van der Waals surface area contributed by atoms with Crippen molar-refractivity contribution < 1.29 is 0 Å². The SMILES string of the molecule is Nc1ncc(N=Nc2ccc(Br)cc2)s1. The molecule has 0 saturated heterocycles. The normalized spacial score (nSPS) is 11.0. The second kappa shape index (κ2) is 4.50. The summed E-state index contributed by atoms with van der Waals surface area (Å²) >= 11 is 4.66. The highest BCUT2D eigenvalue weighted by Crippen LogP contribution is 2.26. The molecule has 1 aromatic heterocycles. The van der Waals surface area contributed by atoms with E-state index < -0.39 is 0 Å². The molecule has 0 radical (unpaired) electrons. The minimum absolute atomic E-state index is 0.500. The second-order valence-corrected chi connectivity index (χ2v) is 4.67. The van der Waals surface area contributed by atoms with Gasteiger partial charge >= 0.3 is 0 Å². The number of nitrogens with two attached hydrogens (primary N) is 1. The smallest absolute Gasteiger partial charge is 0.182 e. The minimum atomic E-state index is 0.500. The number of aromatic nitrogens is 1. The Bertz CT molecular complexity index is 477. The highest BCUT2D eigenvalue weighted by molar-refractivity contribution is 9.10. The third-order valence-corrected chi connectivity index (χ3v) is 2.84. The summed E-state index contributed by atoms with van der Waals surface area (Å²) in [6, 6.07) is 7.57. The molecule has 76 valence electrons. The first-order valence-electron chi connectivity index (χ1n) is 4.12. The van der Waals surface area contributed by atoms with Gasteiger partial charge in [-0.05, 0) is 24.3 Å². The van der Waals surface area contributed by atoms with Crippen molar-refractivity contribution in [1.29, 1.82) is 0 Å². The number of thiazole rings is 1. The van der Waals surface area contributed by atoms with Crippen molar-refractivity contribution in [2.75, 3.05) is 5.73 Å². The van der Waals surface area contributed by atoms with E-state index in [2.05, 4.69) is 31.1 Å². The number of nitrogen functional groups attached to an aromatic ring is 1. The first kappa shape index (κ1) is 10.3. The van der Waals surface area contributed by atoms with Gasteiger partial charge in [0.25, 0.3) is 0 Å². The average molecular weight is 283 g/mol. The molecule has 0 aliphatic carbocycles. The Morgan fingerprint density at radius 1 is 1.20 bits per heavy atom. The molecule has 0 bridgehead atoms. The van der Waals surface area contributed by atoms with Crippen molar-refractivity contribution in [3.63, 3.8) is 0 Å². The molecule has 0 saturated carbocycles. The van der Waals surface area contributed by atoms with Crippen LogP contribution in [0.1, 0.15) is 0 Å². The molecule has 0 atom stereocenters. The molecule has 0 unspecified atom stereocenters. The van der Waals surface area contributed by atoms with Gasteiger partial charge in [0.2, 0.25) is 0 Å². The van der Waals surface area contributed by atoms with Crippen LogP contribution in [0.4, 0.5) is 15.8 Å². The maximum absolute atomic E-state index is 5.47. The van der Waals surface area contributed by atoms with Crippen molar-refractivity contribution in [3.05, 3.63) is 34.9 Å². The molecule has 0 aliphatic rings. The van der Waals surface area contributed by atoms with Crippen LogP contribution >= 0.6 is 27.3 Å². The summed E-state index contributed by atoms with van der Waals surface area (Å²) in [5, 5.41) is 9.27. The predicted octanol–water partition coefficient (Wildman–Crippen LogP) is 3.90. The molecule has 2 rings (SSSR count). The number of anilines is 1. The van der Waals surface area contributed by atoms with Gasteiger partial charge in [-0.3, -0.25) is 0 Å². The zero-order valence-electron chi connectivity index (χ0n) is 7.59. The van der Waals surface area contributed by atoms with Crippen molar-refractivity contribution >= 4 is 43.1 Å². The van der Waals surface area contributed by atoms with E-state index >= 15 is 0 Å². The van der Waals surface area contributed by atoms with Crippen LogP contribution in [0, 0.1) is 0 Å². The van der Waals surface area contributed by atoms with E-state index in [0.29, 0.717) is 10.1 Å². The Hall–Kier alpha value is -1.27. The summed E-state index contributed by atoms with van der Waals surface area (Å²) in [6.07, 6.45) is 1.60. The molecule has 2 aromatic rings. The highest BCUT2D eigenvalue weighted by atomic mass is 79.9. The molecule has 0 aliphatic heterocycles. The summed E-state index contributed by atoms with van der Waals surface area (Å²) < 4.78 is 1.02. The average Bonchev–Trinajstić information content (AvgIpc) is 2.64. The van der Waals surface area contributed by atoms with Gasteiger partial charge in [0.05, 0.1) is 11.9 Å². The first-order chi connectivity index (χ1) is 7.24. The van der Waals surface area contributed by atoms with E-state index in [9.17, 15) is 0 Å². The van der Waals surface area contributed by atoms with Crippen LogP contribution in [0.3, 0.4) is 0 Å². The maximum atomic E-state index is 5.47. The molecule has 4 nitrogen and oxygen atoms in total. The van der Waals surface area contributed by atoms with Gasteiger partial charge in [0, 0.05) is 4.47 Å². The Kier molecular flexibility index (Phi) is 3.08. The Morgan fingerprint density at radius 3 is 2.53 bits per heavy atom. The van der Waals surface area contributed by atoms with Gasteiger partial charge in [-0.2, -0.15) is 0 Å². The molecule has 0 amide bonds. The lowest BCUT2D eigenvalue weighted by Crippen LogP contribution is -1.77. The lowest BCUT2D eigenvalue weighted by Gasteiger charge is -1.90. The van der Waals surface area contributed by atoms with Crippen LogP contribution in [-0.2, 0) is 0 Å². The fourth-order valence-electron chi connectivity index (χ4n) is 0.940.